The molecule has 0 saturated carbocycles. The molecule has 2 heterocycles. The molecule has 2 aliphatic carbocycles. The molecule has 2 aromatic heterocycles. The maximum atomic E-state index is 4.15. The summed E-state index contributed by atoms with van der Waals surface area (Å²) in [6.07, 6.45) is 15.7. The third-order valence-electron chi connectivity index (χ3n) is 12.3. The summed E-state index contributed by atoms with van der Waals surface area (Å²) < 4.78 is 6.37. The summed E-state index contributed by atoms with van der Waals surface area (Å²) in [5, 5.41) is 14.7. The van der Waals surface area contributed by atoms with Gasteiger partial charge in [0, 0.05) is 0 Å². The predicted molar refractivity (Wildman–Crippen MR) is 239 cm³/mol. The Morgan fingerprint density at radius 1 is 0.393 bits per heavy atom. The van der Waals surface area contributed by atoms with Gasteiger partial charge in [0.05, 0.1) is 18.1 Å². The maximum absolute atomic E-state index is 4.15. The zero-order chi connectivity index (χ0) is 39.9. The second kappa shape index (κ2) is 14.6. The normalized spacial score (nSPS) is 17.7. The number of aromatic nitrogens is 3. The van der Waals surface area contributed by atoms with Gasteiger partial charge in [-0.3, -0.25) is 0 Å². The molecule has 8 aromatic carbocycles. The summed E-state index contributed by atoms with van der Waals surface area (Å²) >= 11 is 0. The quantitative estimate of drug-likeness (QED) is 0.128. The van der Waals surface area contributed by atoms with E-state index in [1.165, 1.54) is 26.1 Å². The molecule has 0 fully saturated rings. The molecule has 10 aromatic rings. The average molecular weight is 958 g/mol. The van der Waals surface area contributed by atoms with Crippen LogP contribution >= 0.6 is 0 Å². The molecule has 0 amide bonds. The number of hydrogen-bond acceptors (Lipinski definition) is 0. The first-order chi connectivity index (χ1) is 29.6. The van der Waals surface area contributed by atoms with Crippen LogP contribution in [0, 0.1) is 54.3 Å². The summed E-state index contributed by atoms with van der Waals surface area (Å²) in [5.41, 5.74) is 8.45. The number of imidazole rings is 1. The summed E-state index contributed by atoms with van der Waals surface area (Å²) in [7, 11) is 4.15. The van der Waals surface area contributed by atoms with Crippen molar-refractivity contribution in [1.82, 2.24) is 9.13 Å². The minimum Gasteiger partial charge on any atom is -0.443 e. The van der Waals surface area contributed by atoms with Gasteiger partial charge < -0.3 is 13.7 Å². The van der Waals surface area contributed by atoms with Gasteiger partial charge in [0.1, 0.15) is 0 Å². The van der Waals surface area contributed by atoms with Gasteiger partial charge in [-0.1, -0.05) is 201 Å². The van der Waals surface area contributed by atoms with E-state index in [1.807, 2.05) is 0 Å². The van der Waals surface area contributed by atoms with Gasteiger partial charge in [0.15, 0.2) is 0 Å². The van der Waals surface area contributed by atoms with Crippen LogP contribution in [0.1, 0.15) is 5.56 Å². The molecule has 0 N–H and O–H groups in total. The molecule has 0 radical (unpaired) electrons. The molecule has 288 valence electrons. The van der Waals surface area contributed by atoms with Crippen LogP contribution in [0.25, 0.3) is 56.5 Å². The second-order valence-corrected chi connectivity index (χ2v) is 15.7. The van der Waals surface area contributed by atoms with Crippen LogP contribution in [0.2, 0.25) is 0 Å². The van der Waals surface area contributed by atoms with Gasteiger partial charge in [0.25, 0.3) is 0 Å². The monoisotopic (exact) mass is 957 g/mol. The van der Waals surface area contributed by atoms with Crippen LogP contribution in [-0.4, -0.2) is 9.13 Å². The number of nitrogens with zero attached hydrogens (tertiary/aromatic N) is 3. The van der Waals surface area contributed by atoms with Gasteiger partial charge in [0.2, 0.25) is 6.33 Å². The van der Waals surface area contributed by atoms with Crippen molar-refractivity contribution in [2.45, 2.75) is 0 Å². The number of aryl methyl sites for hydroxylation is 2. The number of benzene rings is 8. The third kappa shape index (κ3) is 5.72. The van der Waals surface area contributed by atoms with Crippen LogP contribution in [0.15, 0.2) is 182 Å². The molecular formula is C57H36N3Pt+. The van der Waals surface area contributed by atoms with E-state index in [0.29, 0.717) is 0 Å². The SMILES string of the molecule is Cn1[c-]c(C2=c3\cccc\c3=c3/cccc/c3=c3\cccc(-c4cccc5/c4=[C-]\C([n+]4[c-]n(C)c6ccccc64)=c4\cccc\c4=c4/cccc/c4=5)\c3=[C-]\2)c2ccccc21.[Pt+4]. The van der Waals surface area contributed by atoms with E-state index in [0.717, 1.165) is 86.4 Å². The van der Waals surface area contributed by atoms with Crippen molar-refractivity contribution in [2.24, 2.45) is 14.1 Å². The molecule has 61 heavy (non-hydrogen) atoms. The Balaban J connectivity index is 0.00000420. The van der Waals surface area contributed by atoms with Crippen molar-refractivity contribution in [3.8, 4) is 11.1 Å². The van der Waals surface area contributed by atoms with Gasteiger partial charge in [-0.05, 0) is 28.4 Å². The zero-order valence-corrected chi connectivity index (χ0v) is 35.8. The van der Waals surface area contributed by atoms with E-state index in [-0.39, 0.29) is 21.1 Å². The Labute approximate surface area is 366 Å². The molecule has 0 unspecified atom stereocenters. The number of rotatable bonds is 3. The minimum absolute atomic E-state index is 0. The molecule has 12 rings (SSSR count). The molecular weight excluding hydrogens is 922 g/mol. The van der Waals surface area contributed by atoms with Crippen molar-refractivity contribution in [3.05, 3.63) is 263 Å². The largest absolute Gasteiger partial charge is 4.00 e. The topological polar surface area (TPSA) is 13.7 Å². The van der Waals surface area contributed by atoms with Gasteiger partial charge in [-0.15, -0.1) is 57.3 Å². The van der Waals surface area contributed by atoms with Crippen LogP contribution in [-0.2, 0) is 35.2 Å². The molecule has 2 aliphatic rings. The van der Waals surface area contributed by atoms with E-state index in [4.69, 9.17) is 0 Å². The van der Waals surface area contributed by atoms with Gasteiger partial charge >= 0.3 is 21.1 Å². The van der Waals surface area contributed by atoms with Crippen LogP contribution in [0.5, 0.6) is 0 Å². The molecule has 0 spiro atoms. The molecule has 0 atom stereocenters. The Hall–Kier alpha value is -7.06. The molecule has 3 nitrogen and oxygen atoms in total. The van der Waals surface area contributed by atoms with Crippen molar-refractivity contribution in [1.29, 1.82) is 0 Å². The van der Waals surface area contributed by atoms with Crippen LogP contribution in [0.3, 0.4) is 0 Å². The Morgan fingerprint density at radius 2 is 0.836 bits per heavy atom. The second-order valence-electron chi connectivity index (χ2n) is 15.7. The first-order valence-electron chi connectivity index (χ1n) is 20.4. The van der Waals surface area contributed by atoms with Crippen molar-refractivity contribution in [2.75, 3.05) is 0 Å². The number of fused-ring (bicyclic) bond motifs is 8. The summed E-state index contributed by atoms with van der Waals surface area (Å²) in [4.78, 5) is 0. The summed E-state index contributed by atoms with van der Waals surface area (Å²) in [6, 6.07) is 65.6. The fourth-order valence-corrected chi connectivity index (χ4v) is 9.61. The fourth-order valence-electron chi connectivity index (χ4n) is 9.61. The summed E-state index contributed by atoms with van der Waals surface area (Å²) in [6.45, 7) is 0. The first-order valence-corrected chi connectivity index (χ1v) is 20.4. The standard InChI is InChI=1S/C57H36N3.Pt/c1-58-35-53(49-25-11-12-30-54(49)58)51-33-50-44(40-20-5-3-17-37(40)39-19-7-8-23-43(39)51)26-15-28-46(50)47-29-16-27-45-41-21-6-4-18-38(41)42-22-9-10-24-48(42)57(34-52(45)47)60-36-59(2)55-31-13-14-32-56(55)60;/h3-32H,1-2H3;/q-3;+4/b39-37-,42-38-,44-40-,45-41-,51-43+,57-48+;. The summed E-state index contributed by atoms with van der Waals surface area (Å²) in [5.74, 6) is 0. The third-order valence-corrected chi connectivity index (χ3v) is 12.3. The van der Waals surface area contributed by atoms with Gasteiger partial charge in [-0.25, -0.2) is 0 Å². The van der Waals surface area contributed by atoms with E-state index in [1.54, 1.807) is 0 Å². The van der Waals surface area contributed by atoms with E-state index in [9.17, 15) is 0 Å². The molecule has 0 aliphatic heterocycles. The molecule has 0 bridgehead atoms. The number of para-hydroxylation sites is 3. The fraction of sp³-hybridized carbons (Fsp3) is 0.0351. The predicted octanol–water partition coefficient (Wildman–Crippen LogP) is 7.57. The van der Waals surface area contributed by atoms with E-state index >= 15 is 0 Å². The zero-order valence-electron chi connectivity index (χ0n) is 33.5. The van der Waals surface area contributed by atoms with Crippen LogP contribution < -0.4 is 25.4 Å². The van der Waals surface area contributed by atoms with Crippen LogP contribution in [0.4, 0.5) is 0 Å². The molecule has 4 heteroatoms. The number of hydrogen-bond donors (Lipinski definition) is 0. The van der Waals surface area contributed by atoms with Crippen molar-refractivity contribution in [3.63, 3.8) is 0 Å². The Morgan fingerprint density at radius 3 is 1.46 bits per heavy atom. The minimum atomic E-state index is 0. The van der Waals surface area contributed by atoms with E-state index < -0.39 is 0 Å². The first kappa shape index (κ1) is 37.0. The van der Waals surface area contributed by atoms with Crippen molar-refractivity contribution < 1.29 is 25.6 Å². The Kier molecular flexibility index (Phi) is 8.84. The maximum Gasteiger partial charge on any atom is 4.00 e. The average Bonchev–Trinajstić information content (AvgIpc) is 3.81. The van der Waals surface area contributed by atoms with Gasteiger partial charge in [-0.2, -0.15) is 22.6 Å². The van der Waals surface area contributed by atoms with Crippen molar-refractivity contribution >= 4 is 45.4 Å². The smallest absolute Gasteiger partial charge is 0.443 e. The Bertz CT molecular complexity index is 3890. The van der Waals surface area contributed by atoms with E-state index in [2.05, 4.69) is 234 Å². The molecule has 0 saturated heterocycles.